The SMILES string of the molecule is CC(CO)N(C)C(=O)NC1CCCC(C2CC2)C1. The van der Waals surface area contributed by atoms with Crippen LogP contribution < -0.4 is 5.32 Å². The number of nitrogens with one attached hydrogen (secondary N) is 1. The first kappa shape index (κ1) is 13.7. The first-order chi connectivity index (χ1) is 8.61. The van der Waals surface area contributed by atoms with Crippen LogP contribution in [-0.2, 0) is 0 Å². The predicted molar refractivity (Wildman–Crippen MR) is 71.3 cm³/mol. The molecular formula is C14H26N2O2. The molecule has 0 saturated heterocycles. The van der Waals surface area contributed by atoms with Gasteiger partial charge in [-0.3, -0.25) is 0 Å². The van der Waals surface area contributed by atoms with Gasteiger partial charge in [0.25, 0.3) is 0 Å². The van der Waals surface area contributed by atoms with Gasteiger partial charge in [-0.25, -0.2) is 4.79 Å². The van der Waals surface area contributed by atoms with Crippen LogP contribution in [0.4, 0.5) is 4.79 Å². The van der Waals surface area contributed by atoms with Gasteiger partial charge in [0.05, 0.1) is 12.6 Å². The standard InChI is InChI=1S/C14H26N2O2/c1-10(9-17)16(2)14(18)15-13-5-3-4-12(8-13)11-6-7-11/h10-13,17H,3-9H2,1-2H3,(H,15,18). The Morgan fingerprint density at radius 3 is 2.67 bits per heavy atom. The predicted octanol–water partition coefficient (Wildman–Crippen LogP) is 1.98. The molecule has 2 amide bonds. The lowest BCUT2D eigenvalue weighted by Gasteiger charge is -2.32. The van der Waals surface area contributed by atoms with Crippen molar-refractivity contribution in [3.8, 4) is 0 Å². The number of rotatable bonds is 4. The van der Waals surface area contributed by atoms with Gasteiger partial charge >= 0.3 is 6.03 Å². The molecule has 0 heterocycles. The van der Waals surface area contributed by atoms with E-state index in [1.807, 2.05) is 6.92 Å². The Morgan fingerprint density at radius 1 is 1.33 bits per heavy atom. The van der Waals surface area contributed by atoms with Gasteiger partial charge in [0, 0.05) is 13.1 Å². The zero-order chi connectivity index (χ0) is 13.1. The van der Waals surface area contributed by atoms with E-state index in [0.717, 1.165) is 24.7 Å². The van der Waals surface area contributed by atoms with Crippen molar-refractivity contribution < 1.29 is 9.90 Å². The third kappa shape index (κ3) is 3.37. The number of hydrogen-bond acceptors (Lipinski definition) is 2. The largest absolute Gasteiger partial charge is 0.394 e. The minimum Gasteiger partial charge on any atom is -0.394 e. The average Bonchev–Trinajstić information content (AvgIpc) is 3.21. The second-order valence-corrected chi connectivity index (χ2v) is 6.05. The number of amides is 2. The average molecular weight is 254 g/mol. The highest BCUT2D eigenvalue weighted by molar-refractivity contribution is 5.74. The van der Waals surface area contributed by atoms with Crippen LogP contribution >= 0.6 is 0 Å². The molecular weight excluding hydrogens is 228 g/mol. The molecule has 3 unspecified atom stereocenters. The van der Waals surface area contributed by atoms with Crippen molar-refractivity contribution in [2.45, 2.75) is 57.5 Å². The maximum Gasteiger partial charge on any atom is 0.317 e. The molecule has 0 aromatic heterocycles. The Hall–Kier alpha value is -0.770. The Bertz CT molecular complexity index is 292. The van der Waals surface area contributed by atoms with E-state index in [2.05, 4.69) is 5.32 Å². The Labute approximate surface area is 110 Å². The summed E-state index contributed by atoms with van der Waals surface area (Å²) in [5.74, 6) is 1.78. The molecule has 2 rings (SSSR count). The molecule has 3 atom stereocenters. The fourth-order valence-corrected chi connectivity index (χ4v) is 2.95. The number of hydrogen-bond donors (Lipinski definition) is 2. The third-order valence-corrected chi connectivity index (χ3v) is 4.58. The molecule has 0 aliphatic heterocycles. The minimum atomic E-state index is -0.118. The number of nitrogens with zero attached hydrogens (tertiary/aromatic N) is 1. The van der Waals surface area contributed by atoms with Crippen LogP contribution in [0, 0.1) is 11.8 Å². The van der Waals surface area contributed by atoms with E-state index in [1.54, 1.807) is 11.9 Å². The quantitative estimate of drug-likeness (QED) is 0.806. The molecule has 2 aliphatic carbocycles. The van der Waals surface area contributed by atoms with E-state index < -0.39 is 0 Å². The van der Waals surface area contributed by atoms with Gasteiger partial charge in [-0.05, 0) is 44.4 Å². The van der Waals surface area contributed by atoms with Crippen molar-refractivity contribution in [3.63, 3.8) is 0 Å². The summed E-state index contributed by atoms with van der Waals surface area (Å²) < 4.78 is 0. The lowest BCUT2D eigenvalue weighted by Crippen LogP contribution is -2.48. The summed E-state index contributed by atoms with van der Waals surface area (Å²) in [6, 6.07) is 0.177. The first-order valence-corrected chi connectivity index (χ1v) is 7.26. The van der Waals surface area contributed by atoms with Crippen LogP contribution in [0.5, 0.6) is 0 Å². The van der Waals surface area contributed by atoms with E-state index in [-0.39, 0.29) is 18.7 Å². The Balaban J connectivity index is 1.79. The summed E-state index contributed by atoms with van der Waals surface area (Å²) in [6.07, 6.45) is 7.64. The molecule has 0 bridgehead atoms. The van der Waals surface area contributed by atoms with Crippen molar-refractivity contribution in [1.29, 1.82) is 0 Å². The lowest BCUT2D eigenvalue weighted by atomic mass is 9.83. The number of carbonyl (C=O) groups is 1. The van der Waals surface area contributed by atoms with E-state index in [9.17, 15) is 4.79 Å². The third-order valence-electron chi connectivity index (χ3n) is 4.58. The van der Waals surface area contributed by atoms with Crippen molar-refractivity contribution in [1.82, 2.24) is 10.2 Å². The van der Waals surface area contributed by atoms with E-state index in [4.69, 9.17) is 5.11 Å². The van der Waals surface area contributed by atoms with E-state index in [0.29, 0.717) is 6.04 Å². The van der Waals surface area contributed by atoms with E-state index in [1.165, 1.54) is 25.7 Å². The van der Waals surface area contributed by atoms with Gasteiger partial charge in [0.1, 0.15) is 0 Å². The van der Waals surface area contributed by atoms with Gasteiger partial charge < -0.3 is 15.3 Å². The fraction of sp³-hybridized carbons (Fsp3) is 0.929. The normalized spacial score (nSPS) is 29.7. The molecule has 4 nitrogen and oxygen atoms in total. The minimum absolute atomic E-state index is 0.0132. The van der Waals surface area contributed by atoms with Crippen molar-refractivity contribution in [3.05, 3.63) is 0 Å². The van der Waals surface area contributed by atoms with Gasteiger partial charge in [-0.1, -0.05) is 12.8 Å². The molecule has 18 heavy (non-hydrogen) atoms. The molecule has 4 heteroatoms. The second kappa shape index (κ2) is 5.91. The monoisotopic (exact) mass is 254 g/mol. The highest BCUT2D eigenvalue weighted by Gasteiger charge is 2.35. The number of likely N-dealkylation sites (N-methyl/N-ethyl adjacent to an activating group) is 1. The molecule has 0 aromatic rings. The molecule has 104 valence electrons. The van der Waals surface area contributed by atoms with Gasteiger partial charge in [0.2, 0.25) is 0 Å². The highest BCUT2D eigenvalue weighted by Crippen LogP contribution is 2.43. The van der Waals surface area contributed by atoms with Crippen LogP contribution in [0.1, 0.15) is 45.4 Å². The van der Waals surface area contributed by atoms with Crippen LogP contribution in [-0.4, -0.2) is 41.8 Å². The summed E-state index contributed by atoms with van der Waals surface area (Å²) in [6.45, 7) is 1.87. The van der Waals surface area contributed by atoms with Gasteiger partial charge in [-0.15, -0.1) is 0 Å². The molecule has 2 fully saturated rings. The molecule has 2 aliphatic rings. The fourth-order valence-electron chi connectivity index (χ4n) is 2.95. The summed E-state index contributed by atoms with van der Waals surface area (Å²) in [5.41, 5.74) is 0. The Morgan fingerprint density at radius 2 is 2.06 bits per heavy atom. The van der Waals surface area contributed by atoms with Crippen molar-refractivity contribution >= 4 is 6.03 Å². The van der Waals surface area contributed by atoms with Gasteiger partial charge in [-0.2, -0.15) is 0 Å². The smallest absolute Gasteiger partial charge is 0.317 e. The molecule has 2 N–H and O–H groups in total. The maximum absolute atomic E-state index is 12.0. The maximum atomic E-state index is 12.0. The number of aliphatic hydroxyl groups excluding tert-OH is 1. The van der Waals surface area contributed by atoms with Crippen LogP contribution in [0.3, 0.4) is 0 Å². The van der Waals surface area contributed by atoms with Crippen LogP contribution in [0.2, 0.25) is 0 Å². The number of urea groups is 1. The first-order valence-electron chi connectivity index (χ1n) is 7.26. The van der Waals surface area contributed by atoms with Crippen molar-refractivity contribution in [2.75, 3.05) is 13.7 Å². The molecule has 0 spiro atoms. The number of aliphatic hydroxyl groups is 1. The number of carbonyl (C=O) groups excluding carboxylic acids is 1. The lowest BCUT2D eigenvalue weighted by molar-refractivity contribution is 0.150. The summed E-state index contributed by atoms with van der Waals surface area (Å²) in [7, 11) is 1.75. The topological polar surface area (TPSA) is 52.6 Å². The highest BCUT2D eigenvalue weighted by atomic mass is 16.3. The summed E-state index contributed by atoms with van der Waals surface area (Å²) in [5, 5.41) is 12.2. The molecule has 0 radical (unpaired) electrons. The van der Waals surface area contributed by atoms with Crippen LogP contribution in [0.25, 0.3) is 0 Å². The molecule has 0 aromatic carbocycles. The summed E-state index contributed by atoms with van der Waals surface area (Å²) >= 11 is 0. The Kier molecular flexibility index (Phi) is 4.49. The second-order valence-electron chi connectivity index (χ2n) is 6.05. The summed E-state index contributed by atoms with van der Waals surface area (Å²) in [4.78, 5) is 13.6. The molecule has 2 saturated carbocycles. The van der Waals surface area contributed by atoms with Crippen LogP contribution in [0.15, 0.2) is 0 Å². The van der Waals surface area contributed by atoms with Crippen molar-refractivity contribution in [2.24, 2.45) is 11.8 Å². The zero-order valence-electron chi connectivity index (χ0n) is 11.6. The van der Waals surface area contributed by atoms with Gasteiger partial charge in [0.15, 0.2) is 0 Å². The zero-order valence-corrected chi connectivity index (χ0v) is 11.6. The van der Waals surface area contributed by atoms with E-state index >= 15 is 0 Å².